The highest BCUT2D eigenvalue weighted by molar-refractivity contribution is 6.18. The van der Waals surface area contributed by atoms with Crippen LogP contribution in [0.3, 0.4) is 0 Å². The molecule has 2 fully saturated rings. The lowest BCUT2D eigenvalue weighted by Gasteiger charge is -2.25. The summed E-state index contributed by atoms with van der Waals surface area (Å²) in [5.41, 5.74) is 0. The second-order valence-electron chi connectivity index (χ2n) is 4.36. The van der Waals surface area contributed by atoms with Crippen LogP contribution in [0.15, 0.2) is 0 Å². The molecule has 1 atom stereocenters. The molecule has 0 amide bonds. The minimum absolute atomic E-state index is 0.331. The van der Waals surface area contributed by atoms with Crippen molar-refractivity contribution in [2.24, 2.45) is 11.8 Å². The average molecular weight is 237 g/mol. The maximum absolute atomic E-state index is 8.79. The topological polar surface area (TPSA) is 53.0 Å². The van der Waals surface area contributed by atoms with Crippen molar-refractivity contribution in [2.45, 2.75) is 31.8 Å². The second kappa shape index (κ2) is 7.44. The molecule has 1 aliphatic carbocycles. The molecule has 1 saturated carbocycles. The molecule has 0 spiro atoms. The van der Waals surface area contributed by atoms with Crippen LogP contribution in [0.1, 0.15) is 25.7 Å². The molecule has 4 heteroatoms. The molecule has 0 radical (unpaired) electrons. The van der Waals surface area contributed by atoms with Crippen molar-refractivity contribution >= 4 is 11.6 Å². The van der Waals surface area contributed by atoms with Crippen LogP contribution in [-0.4, -0.2) is 42.0 Å². The van der Waals surface area contributed by atoms with Gasteiger partial charge in [-0.05, 0) is 37.5 Å². The summed E-state index contributed by atoms with van der Waals surface area (Å²) in [6.07, 6.45) is 4.80. The lowest BCUT2D eigenvalue weighted by Crippen LogP contribution is -2.19. The minimum Gasteiger partial charge on any atom is -0.396 e. The van der Waals surface area contributed by atoms with Gasteiger partial charge < -0.3 is 14.9 Å². The number of halogens is 1. The smallest absolute Gasteiger partial charge is 0.0944 e. The maximum Gasteiger partial charge on any atom is 0.0944 e. The molecule has 3 nitrogen and oxygen atoms in total. The molecule has 0 aromatic carbocycles. The van der Waals surface area contributed by atoms with Gasteiger partial charge in [-0.2, -0.15) is 0 Å². The van der Waals surface area contributed by atoms with E-state index in [0.29, 0.717) is 37.0 Å². The van der Waals surface area contributed by atoms with E-state index in [-0.39, 0.29) is 0 Å². The van der Waals surface area contributed by atoms with Gasteiger partial charge in [-0.1, -0.05) is 0 Å². The van der Waals surface area contributed by atoms with E-state index in [9.17, 15) is 0 Å². The molecule has 0 aromatic heterocycles. The summed E-state index contributed by atoms with van der Waals surface area (Å²) < 4.78 is 4.73. The molecule has 90 valence electrons. The summed E-state index contributed by atoms with van der Waals surface area (Å²) in [6.45, 7) is 1.54. The fraction of sp³-hybridized carbons (Fsp3) is 1.00. The molecule has 0 aromatic rings. The normalized spacial score (nSPS) is 34.2. The first-order valence-electron chi connectivity index (χ1n) is 5.69. The highest BCUT2D eigenvalue weighted by Crippen LogP contribution is 2.27. The number of rotatable bonds is 3. The van der Waals surface area contributed by atoms with Gasteiger partial charge in [0, 0.05) is 13.2 Å². The Kier molecular flexibility index (Phi) is 6.57. The summed E-state index contributed by atoms with van der Waals surface area (Å²) in [5, 5.41) is 17.6. The predicted molar refractivity (Wildman–Crippen MR) is 60.1 cm³/mol. The van der Waals surface area contributed by atoms with Gasteiger partial charge in [-0.15, -0.1) is 11.6 Å². The molecule has 2 N–H and O–H groups in total. The van der Waals surface area contributed by atoms with Gasteiger partial charge in [0.2, 0.25) is 0 Å². The molecule has 1 heterocycles. The van der Waals surface area contributed by atoms with Crippen LogP contribution >= 0.6 is 11.6 Å². The average Bonchev–Trinajstić information content (AvgIpc) is 3.13. The van der Waals surface area contributed by atoms with Gasteiger partial charge in [-0.3, -0.25) is 0 Å². The number of epoxide rings is 1. The van der Waals surface area contributed by atoms with Gasteiger partial charge >= 0.3 is 0 Å². The van der Waals surface area contributed by atoms with Gasteiger partial charge in [0.25, 0.3) is 0 Å². The Morgan fingerprint density at radius 3 is 1.53 bits per heavy atom. The highest BCUT2D eigenvalue weighted by Gasteiger charge is 2.20. The Balaban J connectivity index is 0.000000187. The fourth-order valence-electron chi connectivity index (χ4n) is 1.75. The monoisotopic (exact) mass is 236 g/mol. The van der Waals surface area contributed by atoms with Gasteiger partial charge in [0.05, 0.1) is 18.6 Å². The van der Waals surface area contributed by atoms with Gasteiger partial charge in [0.1, 0.15) is 0 Å². The van der Waals surface area contributed by atoms with E-state index in [2.05, 4.69) is 0 Å². The van der Waals surface area contributed by atoms with Crippen LogP contribution in [0, 0.1) is 11.8 Å². The summed E-state index contributed by atoms with van der Waals surface area (Å²) in [7, 11) is 0. The van der Waals surface area contributed by atoms with E-state index in [1.165, 1.54) is 0 Å². The largest absolute Gasteiger partial charge is 0.396 e. The van der Waals surface area contributed by atoms with Crippen LogP contribution in [0.5, 0.6) is 0 Å². The molecule has 15 heavy (non-hydrogen) atoms. The molecule has 1 unspecified atom stereocenters. The lowest BCUT2D eigenvalue weighted by atomic mass is 9.83. The first kappa shape index (κ1) is 13.2. The number of hydrogen-bond acceptors (Lipinski definition) is 3. The quantitative estimate of drug-likeness (QED) is 0.575. The van der Waals surface area contributed by atoms with Crippen molar-refractivity contribution in [3.05, 3.63) is 0 Å². The van der Waals surface area contributed by atoms with Crippen molar-refractivity contribution in [1.82, 2.24) is 0 Å². The van der Waals surface area contributed by atoms with Crippen molar-refractivity contribution in [3.8, 4) is 0 Å². The van der Waals surface area contributed by atoms with E-state index in [0.717, 1.165) is 32.3 Å². The zero-order valence-electron chi connectivity index (χ0n) is 9.07. The van der Waals surface area contributed by atoms with Crippen LogP contribution in [0.2, 0.25) is 0 Å². The van der Waals surface area contributed by atoms with Crippen molar-refractivity contribution in [1.29, 1.82) is 0 Å². The number of ether oxygens (including phenoxy) is 1. The second-order valence-corrected chi connectivity index (χ2v) is 4.67. The molecular weight excluding hydrogens is 216 g/mol. The van der Waals surface area contributed by atoms with Gasteiger partial charge in [0.15, 0.2) is 0 Å². The van der Waals surface area contributed by atoms with Crippen LogP contribution in [0.25, 0.3) is 0 Å². The summed E-state index contributed by atoms with van der Waals surface area (Å²) in [5.74, 6) is 1.70. The van der Waals surface area contributed by atoms with Gasteiger partial charge in [-0.25, -0.2) is 0 Å². The summed E-state index contributed by atoms with van der Waals surface area (Å²) in [6, 6.07) is 0. The number of aliphatic hydroxyl groups is 2. The summed E-state index contributed by atoms with van der Waals surface area (Å²) in [4.78, 5) is 0. The van der Waals surface area contributed by atoms with Crippen LogP contribution < -0.4 is 0 Å². The summed E-state index contributed by atoms with van der Waals surface area (Å²) >= 11 is 5.27. The number of hydrogen-bond donors (Lipinski definition) is 2. The third-order valence-corrected chi connectivity index (χ3v) is 3.40. The van der Waals surface area contributed by atoms with E-state index in [1.54, 1.807) is 0 Å². The van der Waals surface area contributed by atoms with Crippen LogP contribution in [-0.2, 0) is 4.74 Å². The van der Waals surface area contributed by atoms with Crippen molar-refractivity contribution in [3.63, 3.8) is 0 Å². The zero-order chi connectivity index (χ0) is 11.1. The Bertz CT molecular complexity index is 142. The Morgan fingerprint density at radius 2 is 1.40 bits per heavy atom. The first-order chi connectivity index (χ1) is 7.30. The fourth-order valence-corrected chi connectivity index (χ4v) is 1.93. The van der Waals surface area contributed by atoms with E-state index in [4.69, 9.17) is 26.6 Å². The molecule has 2 rings (SSSR count). The van der Waals surface area contributed by atoms with Crippen molar-refractivity contribution in [2.75, 3.05) is 25.7 Å². The SMILES string of the molecule is ClCC1CO1.OCC1CCC(CO)CC1. The standard InChI is InChI=1S/C8H16O2.C3H5ClO/c9-5-7-1-2-8(6-10)4-3-7;4-1-3-2-5-3/h7-10H,1-6H2;3H,1-2H2. The Morgan fingerprint density at radius 1 is 1.00 bits per heavy atom. The Hall–Kier alpha value is 0.170. The lowest BCUT2D eigenvalue weighted by molar-refractivity contribution is 0.131. The third-order valence-electron chi connectivity index (χ3n) is 3.06. The van der Waals surface area contributed by atoms with Crippen molar-refractivity contribution < 1.29 is 14.9 Å². The molecule has 2 aliphatic rings. The Labute approximate surface area is 96.4 Å². The first-order valence-corrected chi connectivity index (χ1v) is 6.22. The predicted octanol–water partition coefficient (Wildman–Crippen LogP) is 1.40. The number of aliphatic hydroxyl groups excluding tert-OH is 2. The highest BCUT2D eigenvalue weighted by atomic mass is 35.5. The van der Waals surface area contributed by atoms with E-state index < -0.39 is 0 Å². The zero-order valence-corrected chi connectivity index (χ0v) is 9.83. The molecule has 1 saturated heterocycles. The third kappa shape index (κ3) is 5.71. The van der Waals surface area contributed by atoms with Crippen LogP contribution in [0.4, 0.5) is 0 Å². The maximum atomic E-state index is 8.79. The molecule has 0 bridgehead atoms. The molecule has 1 aliphatic heterocycles. The van der Waals surface area contributed by atoms with E-state index in [1.807, 2.05) is 0 Å². The minimum atomic E-state index is 0.331. The van der Waals surface area contributed by atoms with E-state index >= 15 is 0 Å². The molecular formula is C11H21ClO3. The number of alkyl halides is 1.